The number of nitrogens with zero attached hydrogens (tertiary/aromatic N) is 4. The van der Waals surface area contributed by atoms with Gasteiger partial charge in [-0.2, -0.15) is 0 Å². The fourth-order valence-corrected chi connectivity index (χ4v) is 2.83. The summed E-state index contributed by atoms with van der Waals surface area (Å²) in [7, 11) is 0. The lowest BCUT2D eigenvalue weighted by Gasteiger charge is -2.43. The summed E-state index contributed by atoms with van der Waals surface area (Å²) >= 11 is 0. The first-order chi connectivity index (χ1) is 9.63. The van der Waals surface area contributed by atoms with Crippen LogP contribution in [0.25, 0.3) is 0 Å². The van der Waals surface area contributed by atoms with Crippen molar-refractivity contribution >= 4 is 5.95 Å². The second kappa shape index (κ2) is 5.66. The largest absolute Gasteiger partial charge is 0.338 e. The molecule has 2 aliphatic rings. The lowest BCUT2D eigenvalue weighted by atomic mass is 10.1. The van der Waals surface area contributed by atoms with Crippen molar-refractivity contribution in [2.24, 2.45) is 0 Å². The molecule has 0 atom stereocenters. The summed E-state index contributed by atoms with van der Waals surface area (Å²) in [4.78, 5) is 14.3. The lowest BCUT2D eigenvalue weighted by molar-refractivity contribution is 0.137. The average Bonchev–Trinajstić information content (AvgIpc) is 2.37. The number of nitrogens with one attached hydrogen (secondary N) is 1. The molecule has 0 spiro atoms. The van der Waals surface area contributed by atoms with Gasteiger partial charge in [-0.1, -0.05) is 13.8 Å². The molecular formula is C15H25N5. The van der Waals surface area contributed by atoms with Gasteiger partial charge >= 0.3 is 0 Å². The molecule has 0 saturated carbocycles. The molecule has 0 aliphatic carbocycles. The first kappa shape index (κ1) is 13.8. The maximum absolute atomic E-state index is 4.74. The Balaban J connectivity index is 1.67. The highest BCUT2D eigenvalue weighted by Crippen LogP contribution is 2.19. The standard InChI is InChI=1S/C15H25N5/c1-11(2)14-8-12(3)17-15(18-14)20-6-4-19(5-7-20)13-9-16-10-13/h8,11,13,16H,4-7,9-10H2,1-3H3. The van der Waals surface area contributed by atoms with Crippen LogP contribution in [0.15, 0.2) is 6.07 Å². The molecule has 0 unspecified atom stereocenters. The molecule has 20 heavy (non-hydrogen) atoms. The summed E-state index contributed by atoms with van der Waals surface area (Å²) in [6, 6.07) is 2.85. The van der Waals surface area contributed by atoms with E-state index in [9.17, 15) is 0 Å². The quantitative estimate of drug-likeness (QED) is 0.891. The van der Waals surface area contributed by atoms with Gasteiger partial charge in [-0.15, -0.1) is 0 Å². The predicted molar refractivity (Wildman–Crippen MR) is 81.3 cm³/mol. The molecular weight excluding hydrogens is 250 g/mol. The predicted octanol–water partition coefficient (Wildman–Crippen LogP) is 1.00. The fourth-order valence-electron chi connectivity index (χ4n) is 2.83. The van der Waals surface area contributed by atoms with E-state index in [1.165, 1.54) is 0 Å². The minimum atomic E-state index is 0.456. The minimum Gasteiger partial charge on any atom is -0.338 e. The zero-order valence-electron chi connectivity index (χ0n) is 12.8. The Morgan fingerprint density at radius 3 is 2.40 bits per heavy atom. The van der Waals surface area contributed by atoms with Gasteiger partial charge in [0.1, 0.15) is 0 Å². The van der Waals surface area contributed by atoms with Gasteiger partial charge in [0.05, 0.1) is 0 Å². The molecule has 1 N–H and O–H groups in total. The minimum absolute atomic E-state index is 0.456. The molecule has 1 aromatic rings. The summed E-state index contributed by atoms with van der Waals surface area (Å²) in [5, 5.41) is 3.35. The van der Waals surface area contributed by atoms with E-state index in [0.29, 0.717) is 5.92 Å². The summed E-state index contributed by atoms with van der Waals surface area (Å²) in [5.74, 6) is 1.37. The van der Waals surface area contributed by atoms with Gasteiger partial charge < -0.3 is 10.2 Å². The number of hydrogen-bond donors (Lipinski definition) is 1. The van der Waals surface area contributed by atoms with Gasteiger partial charge in [0.2, 0.25) is 5.95 Å². The van der Waals surface area contributed by atoms with Gasteiger partial charge in [-0.3, -0.25) is 4.90 Å². The Bertz CT molecular complexity index is 461. The van der Waals surface area contributed by atoms with Crippen LogP contribution >= 0.6 is 0 Å². The Kier molecular flexibility index (Phi) is 3.89. The normalized spacial score (nSPS) is 21.3. The van der Waals surface area contributed by atoms with Crippen LogP contribution in [0.2, 0.25) is 0 Å². The fraction of sp³-hybridized carbons (Fsp3) is 0.733. The van der Waals surface area contributed by atoms with Crippen molar-refractivity contribution in [3.63, 3.8) is 0 Å². The highest BCUT2D eigenvalue weighted by molar-refractivity contribution is 5.34. The van der Waals surface area contributed by atoms with Gasteiger partial charge in [0.15, 0.2) is 0 Å². The van der Waals surface area contributed by atoms with Crippen LogP contribution < -0.4 is 10.2 Å². The SMILES string of the molecule is Cc1cc(C(C)C)nc(N2CCN(C3CNC3)CC2)n1. The van der Waals surface area contributed by atoms with Crippen LogP contribution in [0.4, 0.5) is 5.95 Å². The molecule has 0 bridgehead atoms. The third-order valence-corrected chi connectivity index (χ3v) is 4.33. The molecule has 3 rings (SSSR count). The van der Waals surface area contributed by atoms with E-state index in [0.717, 1.165) is 62.6 Å². The first-order valence-corrected chi connectivity index (χ1v) is 7.69. The topological polar surface area (TPSA) is 44.3 Å². The Morgan fingerprint density at radius 1 is 1.15 bits per heavy atom. The molecule has 110 valence electrons. The van der Waals surface area contributed by atoms with E-state index < -0.39 is 0 Å². The molecule has 0 aromatic carbocycles. The third-order valence-electron chi connectivity index (χ3n) is 4.33. The van der Waals surface area contributed by atoms with E-state index >= 15 is 0 Å². The monoisotopic (exact) mass is 275 g/mol. The highest BCUT2D eigenvalue weighted by Gasteiger charge is 2.28. The maximum atomic E-state index is 4.74. The zero-order chi connectivity index (χ0) is 14.1. The van der Waals surface area contributed by atoms with Crippen molar-refractivity contribution in [1.82, 2.24) is 20.2 Å². The molecule has 5 nitrogen and oxygen atoms in total. The Labute approximate surface area is 121 Å². The van der Waals surface area contributed by atoms with E-state index in [-0.39, 0.29) is 0 Å². The molecule has 1 aromatic heterocycles. The lowest BCUT2D eigenvalue weighted by Crippen LogP contribution is -2.61. The van der Waals surface area contributed by atoms with Crippen molar-refractivity contribution in [3.05, 3.63) is 17.5 Å². The molecule has 3 heterocycles. The number of aryl methyl sites for hydroxylation is 1. The zero-order valence-corrected chi connectivity index (χ0v) is 12.8. The van der Waals surface area contributed by atoms with Crippen LogP contribution in [-0.2, 0) is 0 Å². The van der Waals surface area contributed by atoms with E-state index in [2.05, 4.69) is 46.9 Å². The van der Waals surface area contributed by atoms with Crippen LogP contribution in [-0.4, -0.2) is 60.2 Å². The van der Waals surface area contributed by atoms with Gasteiger partial charge in [0.25, 0.3) is 0 Å². The number of aromatic nitrogens is 2. The molecule has 2 aliphatic heterocycles. The van der Waals surface area contributed by atoms with Gasteiger partial charge in [-0.25, -0.2) is 9.97 Å². The van der Waals surface area contributed by atoms with Crippen molar-refractivity contribution < 1.29 is 0 Å². The van der Waals surface area contributed by atoms with Crippen LogP contribution in [0.3, 0.4) is 0 Å². The number of piperazine rings is 1. The Morgan fingerprint density at radius 2 is 1.85 bits per heavy atom. The maximum Gasteiger partial charge on any atom is 0.225 e. The second-order valence-corrected chi connectivity index (χ2v) is 6.22. The van der Waals surface area contributed by atoms with E-state index in [1.807, 2.05) is 0 Å². The summed E-state index contributed by atoms with van der Waals surface area (Å²) in [6.07, 6.45) is 0. The van der Waals surface area contributed by atoms with Crippen molar-refractivity contribution in [2.75, 3.05) is 44.2 Å². The smallest absolute Gasteiger partial charge is 0.225 e. The summed E-state index contributed by atoms with van der Waals surface area (Å²) in [5.41, 5.74) is 2.22. The van der Waals surface area contributed by atoms with Gasteiger partial charge in [0, 0.05) is 56.7 Å². The van der Waals surface area contributed by atoms with Crippen LogP contribution in [0.1, 0.15) is 31.2 Å². The van der Waals surface area contributed by atoms with Crippen LogP contribution in [0.5, 0.6) is 0 Å². The summed E-state index contributed by atoms with van der Waals surface area (Å²) < 4.78 is 0. The molecule has 0 radical (unpaired) electrons. The van der Waals surface area contributed by atoms with Gasteiger partial charge in [-0.05, 0) is 18.9 Å². The van der Waals surface area contributed by atoms with E-state index in [4.69, 9.17) is 4.98 Å². The first-order valence-electron chi connectivity index (χ1n) is 7.69. The Hall–Kier alpha value is -1.20. The van der Waals surface area contributed by atoms with Crippen molar-refractivity contribution in [2.45, 2.75) is 32.7 Å². The average molecular weight is 275 g/mol. The molecule has 5 heteroatoms. The number of anilines is 1. The third kappa shape index (κ3) is 2.79. The second-order valence-electron chi connectivity index (χ2n) is 6.22. The highest BCUT2D eigenvalue weighted by atomic mass is 15.3. The molecule has 2 fully saturated rings. The molecule has 2 saturated heterocycles. The summed E-state index contributed by atoms with van der Waals surface area (Å²) in [6.45, 7) is 13.1. The van der Waals surface area contributed by atoms with Crippen molar-refractivity contribution in [1.29, 1.82) is 0 Å². The van der Waals surface area contributed by atoms with Crippen LogP contribution in [0, 0.1) is 6.92 Å². The van der Waals surface area contributed by atoms with Crippen molar-refractivity contribution in [3.8, 4) is 0 Å². The molecule has 0 amide bonds. The number of rotatable bonds is 3. The number of hydrogen-bond acceptors (Lipinski definition) is 5. The van der Waals surface area contributed by atoms with E-state index in [1.54, 1.807) is 0 Å².